The van der Waals surface area contributed by atoms with E-state index in [9.17, 15) is 0 Å². The number of para-hydroxylation sites is 2. The number of rotatable bonds is 7. The molecular formula is C59H39N3. The SMILES string of the molecule is c1ccc(-c2cc(-c3ccccc3)cc(-n3c4ccccc4c4cc(-c5ccc6c(c5)c5ccccc5n6-c5cc(-c6ccccc6)nc(-c6ccccc6)c5)ccc43)c2)cc1. The second-order valence-electron chi connectivity index (χ2n) is 16.0. The lowest BCUT2D eigenvalue weighted by Crippen LogP contribution is -1.98. The standard InChI is InChI=1S/C59H39N3/c1-5-17-40(18-6-1)46-33-47(41-19-7-2-8-20-41)35-48(34-46)61-56-27-15-13-25-50(56)52-36-44(29-31-58(52)61)45-30-32-59-53(37-45)51-26-14-16-28-57(51)62(59)49-38-54(42-21-9-3-10-22-42)60-55(39-49)43-23-11-4-12-24-43/h1-39H. The molecule has 0 fully saturated rings. The van der Waals surface area contributed by atoms with E-state index in [0.29, 0.717) is 0 Å². The van der Waals surface area contributed by atoms with Crippen LogP contribution in [0.2, 0.25) is 0 Å². The van der Waals surface area contributed by atoms with E-state index in [-0.39, 0.29) is 0 Å². The predicted octanol–water partition coefficient (Wildman–Crippen LogP) is 15.6. The molecule has 0 aliphatic rings. The summed E-state index contributed by atoms with van der Waals surface area (Å²) < 4.78 is 4.84. The quantitative estimate of drug-likeness (QED) is 0.158. The van der Waals surface area contributed by atoms with Crippen LogP contribution in [0.4, 0.5) is 0 Å². The summed E-state index contributed by atoms with van der Waals surface area (Å²) in [4.78, 5) is 5.19. The van der Waals surface area contributed by atoms with Gasteiger partial charge in [-0.2, -0.15) is 0 Å². The molecule has 0 saturated heterocycles. The fourth-order valence-corrected chi connectivity index (χ4v) is 9.35. The maximum absolute atomic E-state index is 5.19. The first kappa shape index (κ1) is 35.7. The van der Waals surface area contributed by atoms with Crippen LogP contribution in [0.3, 0.4) is 0 Å². The Hall–Kier alpha value is -8.27. The lowest BCUT2D eigenvalue weighted by atomic mass is 9.98. The maximum Gasteiger partial charge on any atom is 0.0730 e. The van der Waals surface area contributed by atoms with Crippen LogP contribution >= 0.6 is 0 Å². The fraction of sp³-hybridized carbons (Fsp3) is 0. The van der Waals surface area contributed by atoms with E-state index in [1.807, 2.05) is 0 Å². The molecule has 12 rings (SSSR count). The van der Waals surface area contributed by atoms with Crippen molar-refractivity contribution in [2.75, 3.05) is 0 Å². The number of fused-ring (bicyclic) bond motifs is 6. The van der Waals surface area contributed by atoms with E-state index in [0.717, 1.165) is 44.9 Å². The molecule has 0 radical (unpaired) electrons. The van der Waals surface area contributed by atoms with E-state index >= 15 is 0 Å². The van der Waals surface area contributed by atoms with Gasteiger partial charge in [0.25, 0.3) is 0 Å². The van der Waals surface area contributed by atoms with Gasteiger partial charge in [0.15, 0.2) is 0 Å². The van der Waals surface area contributed by atoms with Gasteiger partial charge in [0.2, 0.25) is 0 Å². The molecule has 9 aromatic carbocycles. The summed E-state index contributed by atoms with van der Waals surface area (Å²) in [7, 11) is 0. The van der Waals surface area contributed by atoms with Crippen LogP contribution in [-0.4, -0.2) is 14.1 Å². The van der Waals surface area contributed by atoms with Crippen LogP contribution in [0, 0.1) is 0 Å². The monoisotopic (exact) mass is 789 g/mol. The summed E-state index contributed by atoms with van der Waals surface area (Å²) >= 11 is 0. The van der Waals surface area contributed by atoms with Crippen LogP contribution in [0.1, 0.15) is 0 Å². The van der Waals surface area contributed by atoms with Crippen LogP contribution in [0.5, 0.6) is 0 Å². The molecule has 0 unspecified atom stereocenters. The van der Waals surface area contributed by atoms with Gasteiger partial charge in [-0.15, -0.1) is 0 Å². The molecule has 3 nitrogen and oxygen atoms in total. The zero-order chi connectivity index (χ0) is 41.0. The molecule has 3 aromatic heterocycles. The number of benzene rings is 9. The van der Waals surface area contributed by atoms with Crippen molar-refractivity contribution < 1.29 is 0 Å². The molecule has 0 aliphatic heterocycles. The molecule has 0 saturated carbocycles. The molecule has 62 heavy (non-hydrogen) atoms. The smallest absolute Gasteiger partial charge is 0.0730 e. The van der Waals surface area contributed by atoms with Crippen LogP contribution < -0.4 is 0 Å². The van der Waals surface area contributed by atoms with Gasteiger partial charge in [-0.3, -0.25) is 0 Å². The first-order chi connectivity index (χ1) is 30.7. The molecule has 0 aliphatic carbocycles. The van der Waals surface area contributed by atoms with Gasteiger partial charge >= 0.3 is 0 Å². The topological polar surface area (TPSA) is 22.8 Å². The number of aromatic nitrogens is 3. The van der Waals surface area contributed by atoms with E-state index in [1.54, 1.807) is 0 Å². The van der Waals surface area contributed by atoms with E-state index < -0.39 is 0 Å². The highest BCUT2D eigenvalue weighted by atomic mass is 15.0. The Morgan fingerprint density at radius 3 is 1.02 bits per heavy atom. The van der Waals surface area contributed by atoms with Gasteiger partial charge in [0.1, 0.15) is 0 Å². The van der Waals surface area contributed by atoms with Gasteiger partial charge < -0.3 is 9.13 Å². The Balaban J connectivity index is 1.02. The highest BCUT2D eigenvalue weighted by Gasteiger charge is 2.19. The first-order valence-electron chi connectivity index (χ1n) is 21.2. The van der Waals surface area contributed by atoms with Crippen LogP contribution in [0.25, 0.3) is 111 Å². The van der Waals surface area contributed by atoms with Gasteiger partial charge in [-0.25, -0.2) is 4.98 Å². The molecule has 3 heterocycles. The normalized spacial score (nSPS) is 11.5. The average Bonchev–Trinajstić information content (AvgIpc) is 3.87. The van der Waals surface area contributed by atoms with Crippen molar-refractivity contribution in [3.63, 3.8) is 0 Å². The third-order valence-electron chi connectivity index (χ3n) is 12.3. The van der Waals surface area contributed by atoms with Crippen LogP contribution in [0.15, 0.2) is 237 Å². The van der Waals surface area contributed by atoms with Gasteiger partial charge in [0, 0.05) is 38.4 Å². The Kier molecular flexibility index (Phi) is 8.50. The van der Waals surface area contributed by atoms with Crippen molar-refractivity contribution in [1.29, 1.82) is 0 Å². The minimum absolute atomic E-state index is 0.944. The van der Waals surface area contributed by atoms with E-state index in [1.165, 1.54) is 66.0 Å². The van der Waals surface area contributed by atoms with Crippen molar-refractivity contribution in [3.8, 4) is 67.3 Å². The van der Waals surface area contributed by atoms with Gasteiger partial charge in [0.05, 0.1) is 39.1 Å². The third kappa shape index (κ3) is 6.10. The molecule has 12 aromatic rings. The largest absolute Gasteiger partial charge is 0.309 e. The number of hydrogen-bond acceptors (Lipinski definition) is 1. The van der Waals surface area contributed by atoms with Crippen LogP contribution in [-0.2, 0) is 0 Å². The summed E-state index contributed by atoms with van der Waals surface area (Å²) in [5.74, 6) is 0. The zero-order valence-corrected chi connectivity index (χ0v) is 33.9. The molecule has 0 amide bonds. The Morgan fingerprint density at radius 2 is 0.581 bits per heavy atom. The minimum atomic E-state index is 0.944. The van der Waals surface area contributed by atoms with Gasteiger partial charge in [-0.05, 0) is 100 Å². The molecule has 0 atom stereocenters. The summed E-state index contributed by atoms with van der Waals surface area (Å²) in [5.41, 5.74) is 18.1. The van der Waals surface area contributed by atoms with E-state index in [4.69, 9.17) is 4.98 Å². The second-order valence-corrected chi connectivity index (χ2v) is 16.0. The Bertz CT molecular complexity index is 3250. The lowest BCUT2D eigenvalue weighted by molar-refractivity contribution is 1.16. The van der Waals surface area contributed by atoms with Crippen molar-refractivity contribution >= 4 is 43.6 Å². The van der Waals surface area contributed by atoms with Crippen molar-refractivity contribution in [1.82, 2.24) is 14.1 Å². The molecule has 0 bridgehead atoms. The zero-order valence-electron chi connectivity index (χ0n) is 33.9. The minimum Gasteiger partial charge on any atom is -0.309 e. The fourth-order valence-electron chi connectivity index (χ4n) is 9.35. The first-order valence-corrected chi connectivity index (χ1v) is 21.2. The van der Waals surface area contributed by atoms with Crippen molar-refractivity contribution in [2.24, 2.45) is 0 Å². The maximum atomic E-state index is 5.19. The van der Waals surface area contributed by atoms with Crippen molar-refractivity contribution in [3.05, 3.63) is 237 Å². The third-order valence-corrected chi connectivity index (χ3v) is 12.3. The van der Waals surface area contributed by atoms with Gasteiger partial charge in [-0.1, -0.05) is 170 Å². The highest BCUT2D eigenvalue weighted by molar-refractivity contribution is 6.13. The Labute approximate surface area is 360 Å². The molecule has 290 valence electrons. The lowest BCUT2D eigenvalue weighted by Gasteiger charge is -2.14. The Morgan fingerprint density at radius 1 is 0.226 bits per heavy atom. The van der Waals surface area contributed by atoms with E-state index in [2.05, 4.69) is 246 Å². The second kappa shape index (κ2) is 14.8. The summed E-state index contributed by atoms with van der Waals surface area (Å²) in [6.07, 6.45) is 0. The average molecular weight is 790 g/mol. The molecule has 0 spiro atoms. The number of nitrogens with zero attached hydrogens (tertiary/aromatic N) is 3. The van der Waals surface area contributed by atoms with Crippen molar-refractivity contribution in [2.45, 2.75) is 0 Å². The molecule has 0 N–H and O–H groups in total. The summed E-state index contributed by atoms with van der Waals surface area (Å²) in [6.45, 7) is 0. The number of hydrogen-bond donors (Lipinski definition) is 0. The summed E-state index contributed by atoms with van der Waals surface area (Å²) in [6, 6.07) is 85.3. The summed E-state index contributed by atoms with van der Waals surface area (Å²) in [5, 5.41) is 4.89. The molecular weight excluding hydrogens is 751 g/mol. The number of pyridine rings is 1. The highest BCUT2D eigenvalue weighted by Crippen LogP contribution is 2.40. The molecule has 3 heteroatoms. The predicted molar refractivity (Wildman–Crippen MR) is 260 cm³/mol.